The van der Waals surface area contributed by atoms with E-state index in [4.69, 9.17) is 0 Å². The van der Waals surface area contributed by atoms with Crippen LogP contribution < -0.4 is 10.6 Å². The molecule has 6 N–H and O–H groups in total. The first-order valence-corrected chi connectivity index (χ1v) is 16.7. The van der Waals surface area contributed by atoms with Crippen molar-refractivity contribution < 1.29 is 46.1 Å². The maximum Gasteiger partial charge on any atom is 0.411 e. The van der Waals surface area contributed by atoms with Gasteiger partial charge in [0, 0.05) is 0 Å². The van der Waals surface area contributed by atoms with Crippen molar-refractivity contribution in [3.05, 3.63) is 96.1 Å². The number of hydrogen-bond acceptors (Lipinski definition) is 8. The van der Waals surface area contributed by atoms with Gasteiger partial charge in [0.2, 0.25) is 17.2 Å². The first kappa shape index (κ1) is 35.5. The Kier molecular flexibility index (Phi) is 9.56. The summed E-state index contributed by atoms with van der Waals surface area (Å²) in [6, 6.07) is 17.0. The molecule has 0 radical (unpaired) electrons. The number of aromatic nitrogens is 4. The number of carbonyl (C=O) groups excluding carboxylic acids is 2. The van der Waals surface area contributed by atoms with Crippen LogP contribution in [0.25, 0.3) is 22.1 Å². The van der Waals surface area contributed by atoms with Gasteiger partial charge in [-0.1, -0.05) is 59.9 Å². The lowest BCUT2D eigenvalue weighted by Crippen LogP contribution is -2.54. The number of alkyl halides is 6. The van der Waals surface area contributed by atoms with Crippen LogP contribution in [0.1, 0.15) is 11.1 Å². The maximum absolute atomic E-state index is 14.8. The zero-order valence-corrected chi connectivity index (χ0v) is 27.3. The van der Waals surface area contributed by atoms with Crippen molar-refractivity contribution in [3.8, 4) is 11.5 Å². The fourth-order valence-corrected chi connectivity index (χ4v) is 6.73. The number of para-hydroxylation sites is 4. The van der Waals surface area contributed by atoms with Crippen molar-refractivity contribution in [3.63, 3.8) is 0 Å². The number of aromatic amines is 2. The lowest BCUT2D eigenvalue weighted by atomic mass is 9.72. The molecule has 0 saturated carbocycles. The summed E-state index contributed by atoms with van der Waals surface area (Å²) < 4.78 is 88.6. The first-order valence-electron chi connectivity index (χ1n) is 14.7. The Hall–Kier alpha value is -5.36. The van der Waals surface area contributed by atoms with Crippen molar-refractivity contribution in [2.24, 2.45) is 0 Å². The quantitative estimate of drug-likeness (QED) is 0.0473. The second kappa shape index (κ2) is 13.7. The highest BCUT2D eigenvalue weighted by molar-refractivity contribution is 8.00. The van der Waals surface area contributed by atoms with Crippen LogP contribution >= 0.6 is 23.5 Å². The van der Waals surface area contributed by atoms with E-state index in [2.05, 4.69) is 30.6 Å². The summed E-state index contributed by atoms with van der Waals surface area (Å²) >= 11 is 1.97. The third-order valence-corrected chi connectivity index (χ3v) is 9.42. The van der Waals surface area contributed by atoms with E-state index in [9.17, 15) is 46.1 Å². The summed E-state index contributed by atoms with van der Waals surface area (Å²) in [6.45, 7) is 0. The number of carbonyl (C=O) groups is 2. The number of phenols is 2. The van der Waals surface area contributed by atoms with Crippen LogP contribution in [0.15, 0.2) is 95.2 Å². The normalized spacial score (nSPS) is 12.4. The van der Waals surface area contributed by atoms with Gasteiger partial charge in [0.05, 0.1) is 44.9 Å². The number of aromatic hydroxyl groups is 2. The molecule has 0 atom stereocenters. The van der Waals surface area contributed by atoms with Crippen LogP contribution in [0.3, 0.4) is 0 Å². The van der Waals surface area contributed by atoms with E-state index in [0.29, 0.717) is 44.5 Å². The molecule has 51 heavy (non-hydrogen) atoms. The minimum atomic E-state index is -6.05. The van der Waals surface area contributed by atoms with Crippen molar-refractivity contribution in [1.82, 2.24) is 19.9 Å². The van der Waals surface area contributed by atoms with E-state index in [1.807, 2.05) is 0 Å². The highest BCUT2D eigenvalue weighted by Crippen LogP contribution is 2.57. The van der Waals surface area contributed by atoms with Gasteiger partial charge >= 0.3 is 12.4 Å². The number of halogens is 6. The summed E-state index contributed by atoms with van der Waals surface area (Å²) in [4.78, 5) is 39.7. The number of imidazole rings is 2. The maximum atomic E-state index is 14.8. The van der Waals surface area contributed by atoms with Gasteiger partial charge in [-0.15, -0.1) is 0 Å². The van der Waals surface area contributed by atoms with Gasteiger partial charge in [0.25, 0.3) is 0 Å². The molecule has 2 aromatic heterocycles. The minimum Gasteiger partial charge on any atom is -0.506 e. The van der Waals surface area contributed by atoms with Crippen LogP contribution in [0, 0.1) is 0 Å². The van der Waals surface area contributed by atoms with E-state index in [-0.39, 0.29) is 23.6 Å². The molecule has 0 saturated heterocycles. The Morgan fingerprint density at radius 1 is 0.627 bits per heavy atom. The second-order valence-electron chi connectivity index (χ2n) is 11.0. The highest BCUT2D eigenvalue weighted by atomic mass is 32.2. The number of amides is 2. The number of anilines is 2. The van der Waals surface area contributed by atoms with E-state index in [1.165, 1.54) is 0 Å². The average Bonchev–Trinajstić information content (AvgIpc) is 3.68. The summed E-state index contributed by atoms with van der Waals surface area (Å²) in [5.74, 6) is -4.09. The summed E-state index contributed by atoms with van der Waals surface area (Å²) in [5.41, 5.74) is -5.76. The molecule has 0 aliphatic rings. The van der Waals surface area contributed by atoms with E-state index in [1.54, 1.807) is 48.5 Å². The second-order valence-corrected chi connectivity index (χ2v) is 12.9. The standard InChI is InChI=1S/C33H24F6N6O4S2/c34-32(35,36)31(33(37,38)39,17-9-11-23(25(46)13-17)40-27(48)15-50-29-42-19-5-1-2-6-20(19)43-29)18-10-12-24(26(47)14-18)41-28(49)16-51-30-44-21-7-3-4-8-22(21)45-30/h1-14,46-47H,15-16H2,(H,40,48)(H,41,49)(H,42,43)(H,44,45). The zero-order valence-electron chi connectivity index (χ0n) is 25.7. The van der Waals surface area contributed by atoms with Gasteiger partial charge in [0.1, 0.15) is 11.5 Å². The molecule has 2 amide bonds. The molecule has 0 aliphatic heterocycles. The van der Waals surface area contributed by atoms with Gasteiger partial charge in [0.15, 0.2) is 10.3 Å². The van der Waals surface area contributed by atoms with Crippen LogP contribution in [0.4, 0.5) is 37.7 Å². The largest absolute Gasteiger partial charge is 0.506 e. The third-order valence-electron chi connectivity index (χ3n) is 7.68. The Morgan fingerprint density at radius 2 is 1.02 bits per heavy atom. The molecule has 0 fully saturated rings. The van der Waals surface area contributed by atoms with E-state index >= 15 is 0 Å². The Morgan fingerprint density at radius 3 is 1.37 bits per heavy atom. The summed E-state index contributed by atoms with van der Waals surface area (Å²) in [6.07, 6.45) is -12.1. The Balaban J connectivity index is 1.20. The van der Waals surface area contributed by atoms with Crippen LogP contribution in [-0.4, -0.2) is 65.8 Å². The minimum absolute atomic E-state index is 0.253. The van der Waals surface area contributed by atoms with Crippen molar-refractivity contribution in [2.75, 3.05) is 22.1 Å². The number of nitrogens with zero attached hydrogens (tertiary/aromatic N) is 2. The van der Waals surface area contributed by atoms with Crippen molar-refractivity contribution in [2.45, 2.75) is 28.1 Å². The highest BCUT2D eigenvalue weighted by Gasteiger charge is 2.72. The smallest absolute Gasteiger partial charge is 0.411 e. The monoisotopic (exact) mass is 746 g/mol. The van der Waals surface area contributed by atoms with E-state index < -0.39 is 63.6 Å². The van der Waals surface area contributed by atoms with Gasteiger partial charge in [-0.25, -0.2) is 9.97 Å². The molecule has 10 nitrogen and oxygen atoms in total. The van der Waals surface area contributed by atoms with Crippen molar-refractivity contribution >= 4 is 68.8 Å². The zero-order chi connectivity index (χ0) is 36.6. The van der Waals surface area contributed by atoms with E-state index in [0.717, 1.165) is 35.7 Å². The number of hydrogen-bond donors (Lipinski definition) is 6. The lowest BCUT2D eigenvalue weighted by Gasteiger charge is -2.38. The number of rotatable bonds is 10. The number of phenolic OH excluding ortho intramolecular Hbond substituents is 2. The summed E-state index contributed by atoms with van der Waals surface area (Å²) in [5, 5.41) is 26.4. The molecular weight excluding hydrogens is 723 g/mol. The molecule has 264 valence electrons. The van der Waals surface area contributed by atoms with Gasteiger partial charge in [-0.2, -0.15) is 26.3 Å². The van der Waals surface area contributed by atoms with Crippen LogP contribution in [0.5, 0.6) is 11.5 Å². The van der Waals surface area contributed by atoms with Crippen LogP contribution in [0.2, 0.25) is 0 Å². The average molecular weight is 747 g/mol. The van der Waals surface area contributed by atoms with Crippen LogP contribution in [-0.2, 0) is 15.0 Å². The predicted octanol–water partition coefficient (Wildman–Crippen LogP) is 7.72. The number of thioether (sulfide) groups is 2. The Bertz CT molecular complexity index is 2030. The fourth-order valence-electron chi connectivity index (χ4n) is 5.36. The number of fused-ring (bicyclic) bond motifs is 2. The molecule has 6 aromatic rings. The topological polar surface area (TPSA) is 156 Å². The lowest BCUT2D eigenvalue weighted by molar-refractivity contribution is -0.288. The molecule has 4 aromatic carbocycles. The molecule has 0 spiro atoms. The predicted molar refractivity (Wildman–Crippen MR) is 180 cm³/mol. The number of benzene rings is 4. The molecular formula is C33H24F6N6O4S2. The summed E-state index contributed by atoms with van der Waals surface area (Å²) in [7, 11) is 0. The fraction of sp³-hybridized carbons (Fsp3) is 0.152. The van der Waals surface area contributed by atoms with Crippen molar-refractivity contribution in [1.29, 1.82) is 0 Å². The molecule has 0 unspecified atom stereocenters. The van der Waals surface area contributed by atoms with Gasteiger partial charge < -0.3 is 30.8 Å². The SMILES string of the molecule is O=C(CSc1nc2ccccc2[nH]1)Nc1ccc(C(c2ccc(NC(=O)CSc3nc4ccccc4[nH]3)c(O)c2)(C(F)(F)F)C(F)(F)F)cc1O. The first-order chi connectivity index (χ1) is 24.2. The molecule has 0 bridgehead atoms. The molecule has 0 aliphatic carbocycles. The molecule has 2 heterocycles. The Labute approximate surface area is 292 Å². The number of H-pyrrole nitrogens is 2. The third kappa shape index (κ3) is 7.14. The van der Waals surface area contributed by atoms with Gasteiger partial charge in [-0.3, -0.25) is 9.59 Å². The molecule has 18 heteroatoms. The van der Waals surface area contributed by atoms with Gasteiger partial charge in [-0.05, 0) is 59.7 Å². The molecule has 6 rings (SSSR count). The number of nitrogens with one attached hydrogen (secondary N) is 4.